The zero-order chi connectivity index (χ0) is 21.4. The van der Waals surface area contributed by atoms with Gasteiger partial charge in [0.05, 0.1) is 18.5 Å². The number of halogens is 3. The highest BCUT2D eigenvalue weighted by Crippen LogP contribution is 2.32. The molecule has 2 aliphatic rings. The number of carbonyl (C=O) groups excluding carboxylic acids is 2. The summed E-state index contributed by atoms with van der Waals surface area (Å²) in [6.45, 7) is 0.972. The van der Waals surface area contributed by atoms with Crippen LogP contribution in [0.1, 0.15) is 23.3 Å². The molecule has 2 fully saturated rings. The van der Waals surface area contributed by atoms with E-state index in [1.54, 1.807) is 16.2 Å². The van der Waals surface area contributed by atoms with Crippen LogP contribution in [0.25, 0.3) is 0 Å². The number of amides is 2. The number of fused-ring (bicyclic) bond motifs is 2. The van der Waals surface area contributed by atoms with Gasteiger partial charge in [-0.2, -0.15) is 0 Å². The van der Waals surface area contributed by atoms with E-state index in [2.05, 4.69) is 0 Å². The standard InChI is InChI=1S/C21H22F3N3O2S/c22-17-9-19(24)18(23)5-12(17)4-13(25)6-20(28)26-10-15-7-14(26)11-27(15)21(29)8-16-2-1-3-30-16/h1-3,5,9,13-15H,4,6-8,10-11,25H2/t13-,14?,15?/m1/s1. The number of nitrogens with two attached hydrogens (primary N) is 1. The number of hydrogen-bond donors (Lipinski definition) is 1. The number of piperazine rings is 1. The van der Waals surface area contributed by atoms with E-state index in [0.29, 0.717) is 25.6 Å². The topological polar surface area (TPSA) is 66.6 Å². The molecular formula is C21H22F3N3O2S. The third-order valence-corrected chi connectivity index (χ3v) is 6.67. The number of benzene rings is 1. The second-order valence-electron chi connectivity index (χ2n) is 7.92. The van der Waals surface area contributed by atoms with Gasteiger partial charge in [0, 0.05) is 36.5 Å². The van der Waals surface area contributed by atoms with Gasteiger partial charge in [0.15, 0.2) is 11.6 Å². The summed E-state index contributed by atoms with van der Waals surface area (Å²) in [5.41, 5.74) is 5.93. The van der Waals surface area contributed by atoms with Gasteiger partial charge < -0.3 is 15.5 Å². The molecule has 1 aromatic carbocycles. The average molecular weight is 437 g/mol. The Morgan fingerprint density at radius 3 is 2.37 bits per heavy atom. The van der Waals surface area contributed by atoms with Crippen molar-refractivity contribution in [1.29, 1.82) is 0 Å². The molecule has 3 heterocycles. The maximum atomic E-state index is 13.8. The highest BCUT2D eigenvalue weighted by atomic mass is 32.1. The van der Waals surface area contributed by atoms with Crippen molar-refractivity contribution in [2.45, 2.75) is 43.8 Å². The van der Waals surface area contributed by atoms with Gasteiger partial charge in [0.2, 0.25) is 11.8 Å². The summed E-state index contributed by atoms with van der Waals surface area (Å²) in [6, 6.07) is 4.37. The van der Waals surface area contributed by atoms with Crippen LogP contribution in [0.3, 0.4) is 0 Å². The van der Waals surface area contributed by atoms with E-state index in [1.807, 2.05) is 22.4 Å². The molecule has 4 rings (SSSR count). The zero-order valence-corrected chi connectivity index (χ0v) is 17.0. The van der Waals surface area contributed by atoms with E-state index < -0.39 is 23.5 Å². The van der Waals surface area contributed by atoms with Crippen molar-refractivity contribution in [2.24, 2.45) is 5.73 Å². The average Bonchev–Trinajstić information content (AvgIpc) is 3.43. The number of carbonyl (C=O) groups is 2. The second kappa shape index (κ2) is 8.39. The fourth-order valence-corrected chi connectivity index (χ4v) is 5.05. The summed E-state index contributed by atoms with van der Waals surface area (Å²) >= 11 is 1.55. The molecule has 2 bridgehead atoms. The Morgan fingerprint density at radius 2 is 1.73 bits per heavy atom. The largest absolute Gasteiger partial charge is 0.336 e. The van der Waals surface area contributed by atoms with Crippen molar-refractivity contribution in [2.75, 3.05) is 13.1 Å². The van der Waals surface area contributed by atoms with E-state index >= 15 is 0 Å². The fourth-order valence-electron chi connectivity index (χ4n) is 4.36. The monoisotopic (exact) mass is 437 g/mol. The summed E-state index contributed by atoms with van der Waals surface area (Å²) in [6.07, 6.45) is 1.03. The maximum absolute atomic E-state index is 13.8. The van der Waals surface area contributed by atoms with E-state index in [9.17, 15) is 22.8 Å². The Bertz CT molecular complexity index is 953. The number of thiophene rings is 1. The molecule has 0 spiro atoms. The predicted octanol–water partition coefficient (Wildman–Crippen LogP) is 2.48. The van der Waals surface area contributed by atoms with Gasteiger partial charge in [0.25, 0.3) is 0 Å². The lowest BCUT2D eigenvalue weighted by atomic mass is 10.0. The lowest BCUT2D eigenvalue weighted by Crippen LogP contribution is -2.51. The van der Waals surface area contributed by atoms with Crippen LogP contribution >= 0.6 is 11.3 Å². The zero-order valence-electron chi connectivity index (χ0n) is 16.2. The quantitative estimate of drug-likeness (QED) is 0.707. The molecule has 2 aliphatic heterocycles. The van der Waals surface area contributed by atoms with Crippen molar-refractivity contribution < 1.29 is 22.8 Å². The molecule has 1 aromatic heterocycles. The molecule has 9 heteroatoms. The normalized spacial score (nSPS) is 21.3. The Kier molecular flexibility index (Phi) is 5.84. The Labute approximate surface area is 176 Å². The molecule has 0 aliphatic carbocycles. The molecule has 160 valence electrons. The van der Waals surface area contributed by atoms with E-state index in [0.717, 1.165) is 17.4 Å². The maximum Gasteiger partial charge on any atom is 0.228 e. The molecule has 2 unspecified atom stereocenters. The van der Waals surface area contributed by atoms with Gasteiger partial charge in [-0.1, -0.05) is 6.07 Å². The highest BCUT2D eigenvalue weighted by molar-refractivity contribution is 7.10. The van der Waals surface area contributed by atoms with Crippen LogP contribution in [-0.4, -0.2) is 52.8 Å². The third-order valence-electron chi connectivity index (χ3n) is 5.80. The van der Waals surface area contributed by atoms with Crippen LogP contribution in [0.15, 0.2) is 29.6 Å². The summed E-state index contributed by atoms with van der Waals surface area (Å²) in [5, 5.41) is 1.94. The summed E-state index contributed by atoms with van der Waals surface area (Å²) in [7, 11) is 0. The van der Waals surface area contributed by atoms with Gasteiger partial charge in [-0.25, -0.2) is 13.2 Å². The highest BCUT2D eigenvalue weighted by Gasteiger charge is 2.46. The molecule has 2 amide bonds. The molecule has 5 nitrogen and oxygen atoms in total. The molecule has 2 saturated heterocycles. The van der Waals surface area contributed by atoms with Crippen LogP contribution in [0, 0.1) is 17.5 Å². The van der Waals surface area contributed by atoms with Crippen LogP contribution in [0.2, 0.25) is 0 Å². The Morgan fingerprint density at radius 1 is 1.07 bits per heavy atom. The SMILES string of the molecule is N[C@@H](CC(=O)N1CC2CC1CN2C(=O)Cc1cccs1)Cc1cc(F)c(F)cc1F. The van der Waals surface area contributed by atoms with Gasteiger partial charge in [-0.3, -0.25) is 9.59 Å². The lowest BCUT2D eigenvalue weighted by Gasteiger charge is -2.34. The first-order valence-electron chi connectivity index (χ1n) is 9.82. The predicted molar refractivity (Wildman–Crippen MR) is 106 cm³/mol. The molecular weight excluding hydrogens is 415 g/mol. The van der Waals surface area contributed by atoms with Crippen molar-refractivity contribution in [3.05, 3.63) is 57.5 Å². The molecule has 3 atom stereocenters. The Balaban J connectivity index is 1.30. The fraction of sp³-hybridized carbons (Fsp3) is 0.429. The van der Waals surface area contributed by atoms with Crippen molar-refractivity contribution in [1.82, 2.24) is 9.80 Å². The molecule has 2 aromatic rings. The van der Waals surface area contributed by atoms with Crippen molar-refractivity contribution in [3.63, 3.8) is 0 Å². The first-order chi connectivity index (χ1) is 14.3. The van der Waals surface area contributed by atoms with E-state index in [1.165, 1.54) is 0 Å². The second-order valence-corrected chi connectivity index (χ2v) is 8.95. The minimum atomic E-state index is -1.26. The summed E-state index contributed by atoms with van der Waals surface area (Å²) in [5.74, 6) is -3.37. The van der Waals surface area contributed by atoms with E-state index in [-0.39, 0.29) is 42.3 Å². The van der Waals surface area contributed by atoms with Crippen LogP contribution in [0.5, 0.6) is 0 Å². The van der Waals surface area contributed by atoms with Crippen molar-refractivity contribution in [3.8, 4) is 0 Å². The van der Waals surface area contributed by atoms with Crippen LogP contribution < -0.4 is 5.73 Å². The summed E-state index contributed by atoms with van der Waals surface area (Å²) in [4.78, 5) is 29.9. The Hall–Kier alpha value is -2.39. The van der Waals surface area contributed by atoms with Gasteiger partial charge in [-0.05, 0) is 35.9 Å². The minimum absolute atomic E-state index is 0.00581. The van der Waals surface area contributed by atoms with E-state index in [4.69, 9.17) is 5.73 Å². The molecule has 0 saturated carbocycles. The van der Waals surface area contributed by atoms with Crippen molar-refractivity contribution >= 4 is 23.2 Å². The first kappa shape index (κ1) is 20.9. The smallest absolute Gasteiger partial charge is 0.228 e. The molecule has 30 heavy (non-hydrogen) atoms. The van der Waals surface area contributed by atoms with Gasteiger partial charge in [-0.15, -0.1) is 11.3 Å². The van der Waals surface area contributed by atoms with Crippen LogP contribution in [-0.2, 0) is 22.4 Å². The summed E-state index contributed by atoms with van der Waals surface area (Å²) < 4.78 is 40.2. The van der Waals surface area contributed by atoms with Gasteiger partial charge in [0.1, 0.15) is 5.82 Å². The lowest BCUT2D eigenvalue weighted by molar-refractivity contribution is -0.139. The first-order valence-corrected chi connectivity index (χ1v) is 10.7. The number of rotatable bonds is 6. The molecule has 2 N–H and O–H groups in total. The number of nitrogens with zero attached hydrogens (tertiary/aromatic N) is 2. The van der Waals surface area contributed by atoms with Gasteiger partial charge >= 0.3 is 0 Å². The number of likely N-dealkylation sites (tertiary alicyclic amines) is 2. The number of hydrogen-bond acceptors (Lipinski definition) is 4. The van der Waals surface area contributed by atoms with Crippen LogP contribution in [0.4, 0.5) is 13.2 Å². The third kappa shape index (κ3) is 4.22. The minimum Gasteiger partial charge on any atom is -0.336 e. The molecule has 0 radical (unpaired) electrons.